The van der Waals surface area contributed by atoms with Crippen molar-refractivity contribution in [2.24, 2.45) is 16.7 Å². The summed E-state index contributed by atoms with van der Waals surface area (Å²) in [6.45, 7) is -2.58. The van der Waals surface area contributed by atoms with Crippen molar-refractivity contribution in [3.8, 4) is 6.07 Å². The topological polar surface area (TPSA) is 101 Å². The third-order valence-electron chi connectivity index (χ3n) is 7.67. The highest BCUT2D eigenvalue weighted by Gasteiger charge is 2.86. The van der Waals surface area contributed by atoms with Gasteiger partial charge in [0.25, 0.3) is 0 Å². The standard InChI is InChI=1S/C24H25F3N6O2/c1-32-9-6-15(7-10-32)20(34)30-31-21(35)22-12-23(22,24(25,26)27)14-33(13-22)18-5-4-16(11-28)19-17(18)3-2-8-29-19/h2-5,8,15H,6-7,9-10,12-14H2,1H3,(H,30,34)(H,31,35)/t22-,23-/m1/s1/i1D3. The van der Waals surface area contributed by atoms with Crippen LogP contribution < -0.4 is 15.8 Å². The second-order valence-electron chi connectivity index (χ2n) is 9.54. The van der Waals surface area contributed by atoms with E-state index in [4.69, 9.17) is 4.11 Å². The van der Waals surface area contributed by atoms with Gasteiger partial charge in [0.1, 0.15) is 11.5 Å². The minimum absolute atomic E-state index is 0.173. The minimum Gasteiger partial charge on any atom is -0.369 e. The number of nitrogens with zero attached hydrogens (tertiary/aromatic N) is 4. The van der Waals surface area contributed by atoms with Crippen molar-refractivity contribution in [1.82, 2.24) is 20.7 Å². The number of hydrogen-bond acceptors (Lipinski definition) is 6. The van der Waals surface area contributed by atoms with Crippen molar-refractivity contribution in [3.63, 3.8) is 0 Å². The van der Waals surface area contributed by atoms with Crippen molar-refractivity contribution >= 4 is 28.4 Å². The fraction of sp³-hybridized carbons (Fsp3) is 0.500. The van der Waals surface area contributed by atoms with Gasteiger partial charge in [-0.15, -0.1) is 0 Å². The lowest BCUT2D eigenvalue weighted by atomic mass is 9.95. The number of aromatic nitrogens is 1. The molecular formula is C24H25F3N6O2. The second-order valence-corrected chi connectivity index (χ2v) is 9.54. The summed E-state index contributed by atoms with van der Waals surface area (Å²) >= 11 is 0. The van der Waals surface area contributed by atoms with Crippen LogP contribution in [0.5, 0.6) is 0 Å². The van der Waals surface area contributed by atoms with Gasteiger partial charge in [0.05, 0.1) is 16.5 Å². The maximum atomic E-state index is 14.3. The van der Waals surface area contributed by atoms with Crippen LogP contribution in [0.25, 0.3) is 10.9 Å². The Morgan fingerprint density at radius 1 is 1.23 bits per heavy atom. The molecule has 2 aliphatic heterocycles. The fourth-order valence-electron chi connectivity index (χ4n) is 5.60. The molecule has 1 aliphatic carbocycles. The molecule has 35 heavy (non-hydrogen) atoms. The molecule has 1 aromatic carbocycles. The van der Waals surface area contributed by atoms with Crippen molar-refractivity contribution in [2.75, 3.05) is 38.1 Å². The number of nitrogens with one attached hydrogen (secondary N) is 2. The van der Waals surface area contributed by atoms with Crippen LogP contribution in [0, 0.1) is 28.1 Å². The number of hydrazine groups is 1. The molecule has 1 aromatic heterocycles. The zero-order valence-electron chi connectivity index (χ0n) is 21.7. The van der Waals surface area contributed by atoms with E-state index < -0.39 is 54.7 Å². The molecule has 5 rings (SSSR count). The molecule has 2 amide bonds. The zero-order chi connectivity index (χ0) is 27.5. The summed E-state index contributed by atoms with van der Waals surface area (Å²) in [5.74, 6) is -2.03. The summed E-state index contributed by atoms with van der Waals surface area (Å²) < 4.78 is 65.4. The first-order valence-corrected chi connectivity index (χ1v) is 11.3. The Bertz CT molecular complexity index is 1340. The molecule has 0 bridgehead atoms. The van der Waals surface area contributed by atoms with E-state index in [-0.39, 0.29) is 32.5 Å². The molecule has 8 nitrogen and oxygen atoms in total. The number of anilines is 1. The predicted octanol–water partition coefficient (Wildman–Crippen LogP) is 2.35. The molecule has 184 valence electrons. The molecule has 0 spiro atoms. The molecule has 2 N–H and O–H groups in total. The van der Waals surface area contributed by atoms with Gasteiger partial charge in [-0.05, 0) is 63.6 Å². The van der Waals surface area contributed by atoms with E-state index in [1.807, 2.05) is 6.07 Å². The van der Waals surface area contributed by atoms with Crippen LogP contribution in [0.2, 0.25) is 0 Å². The van der Waals surface area contributed by atoms with Gasteiger partial charge < -0.3 is 9.80 Å². The number of carbonyl (C=O) groups is 2. The number of likely N-dealkylation sites (tertiary alicyclic amines) is 1. The van der Waals surface area contributed by atoms with Gasteiger partial charge in [-0.3, -0.25) is 25.4 Å². The Labute approximate surface area is 204 Å². The van der Waals surface area contributed by atoms with Gasteiger partial charge in [-0.25, -0.2) is 0 Å². The Kier molecular flexibility index (Phi) is 4.59. The Morgan fingerprint density at radius 3 is 2.69 bits per heavy atom. The van der Waals surface area contributed by atoms with Gasteiger partial charge in [0.2, 0.25) is 11.8 Å². The van der Waals surface area contributed by atoms with E-state index in [1.54, 1.807) is 18.2 Å². The Balaban J connectivity index is 1.32. The molecule has 2 saturated heterocycles. The number of benzene rings is 1. The molecule has 2 atom stereocenters. The van der Waals surface area contributed by atoms with E-state index >= 15 is 0 Å². The van der Waals surface area contributed by atoms with E-state index in [9.17, 15) is 28.0 Å². The van der Waals surface area contributed by atoms with Crippen LogP contribution in [-0.4, -0.2) is 61.0 Å². The summed E-state index contributed by atoms with van der Waals surface area (Å²) in [6, 6.07) is 8.40. The van der Waals surface area contributed by atoms with E-state index in [0.717, 1.165) is 0 Å². The zero-order valence-corrected chi connectivity index (χ0v) is 18.7. The first-order valence-electron chi connectivity index (χ1n) is 12.8. The number of alkyl halides is 3. The average Bonchev–Trinajstić information content (AvgIpc) is 3.43. The van der Waals surface area contributed by atoms with Gasteiger partial charge >= 0.3 is 6.18 Å². The van der Waals surface area contributed by atoms with Gasteiger partial charge in [0.15, 0.2) is 0 Å². The van der Waals surface area contributed by atoms with Gasteiger partial charge in [-0.2, -0.15) is 18.4 Å². The van der Waals surface area contributed by atoms with Crippen LogP contribution in [0.4, 0.5) is 18.9 Å². The third-order valence-corrected chi connectivity index (χ3v) is 7.67. The average molecular weight is 490 g/mol. The van der Waals surface area contributed by atoms with Gasteiger partial charge in [0, 0.05) is 40.4 Å². The van der Waals surface area contributed by atoms with Crippen molar-refractivity contribution in [1.29, 1.82) is 5.26 Å². The highest BCUT2D eigenvalue weighted by atomic mass is 19.4. The van der Waals surface area contributed by atoms with Crippen LogP contribution >= 0.6 is 0 Å². The molecule has 0 unspecified atom stereocenters. The molecule has 3 aliphatic rings. The highest BCUT2D eigenvalue weighted by molar-refractivity contribution is 5.97. The lowest BCUT2D eigenvalue weighted by Gasteiger charge is -2.28. The number of fused-ring (bicyclic) bond motifs is 2. The molecular weight excluding hydrogens is 461 g/mol. The molecule has 3 fully saturated rings. The number of pyridine rings is 1. The van der Waals surface area contributed by atoms with Crippen molar-refractivity contribution < 1.29 is 26.9 Å². The number of rotatable bonds is 3. The summed E-state index contributed by atoms with van der Waals surface area (Å²) in [6.07, 6.45) is -3.05. The third kappa shape index (κ3) is 3.58. The second kappa shape index (κ2) is 8.09. The summed E-state index contributed by atoms with van der Waals surface area (Å²) in [4.78, 5) is 32.8. The largest absolute Gasteiger partial charge is 0.397 e. The quantitative estimate of drug-likeness (QED) is 0.642. The number of nitriles is 1. The molecule has 2 aromatic rings. The molecule has 0 radical (unpaired) electrons. The summed E-state index contributed by atoms with van der Waals surface area (Å²) in [5.41, 5.74) is 1.54. The normalized spacial score (nSPS) is 28.4. The molecule has 11 heteroatoms. The first kappa shape index (κ1) is 19.9. The summed E-state index contributed by atoms with van der Waals surface area (Å²) in [5, 5.41) is 9.89. The van der Waals surface area contributed by atoms with Crippen molar-refractivity contribution in [2.45, 2.75) is 25.4 Å². The first-order chi connectivity index (χ1) is 17.8. The highest BCUT2D eigenvalue weighted by Crippen LogP contribution is 2.75. The molecule has 3 heterocycles. The van der Waals surface area contributed by atoms with E-state index in [1.165, 1.54) is 22.1 Å². The number of halogens is 3. The number of piperidine rings is 2. The minimum atomic E-state index is -4.66. The lowest BCUT2D eigenvalue weighted by molar-refractivity contribution is -0.191. The fourth-order valence-corrected chi connectivity index (χ4v) is 5.60. The van der Waals surface area contributed by atoms with Crippen LogP contribution in [-0.2, 0) is 9.59 Å². The molecule has 1 saturated carbocycles. The predicted molar refractivity (Wildman–Crippen MR) is 121 cm³/mol. The van der Waals surface area contributed by atoms with E-state index in [0.29, 0.717) is 22.2 Å². The van der Waals surface area contributed by atoms with Crippen molar-refractivity contribution in [3.05, 3.63) is 36.0 Å². The van der Waals surface area contributed by atoms with Gasteiger partial charge in [-0.1, -0.05) is 0 Å². The summed E-state index contributed by atoms with van der Waals surface area (Å²) in [7, 11) is 0. The Hall–Kier alpha value is -3.39. The maximum Gasteiger partial charge on any atom is 0.397 e. The number of amides is 2. The van der Waals surface area contributed by atoms with E-state index in [2.05, 4.69) is 15.8 Å². The maximum absolute atomic E-state index is 14.3. The van der Waals surface area contributed by atoms with Crippen LogP contribution in [0.15, 0.2) is 30.5 Å². The van der Waals surface area contributed by atoms with Crippen LogP contribution in [0.1, 0.15) is 28.9 Å². The SMILES string of the molecule is [2H]C([2H])([2H])N1CCC(C(=O)NNC(=O)[C@@]23CN(c4ccc(C#N)c5ncccc45)C[C@]2(C(F)(F)F)C3)CC1. The number of hydrogen-bond donors (Lipinski definition) is 2. The Morgan fingerprint density at radius 2 is 2.00 bits per heavy atom. The smallest absolute Gasteiger partial charge is 0.369 e. The monoisotopic (exact) mass is 489 g/mol. The lowest BCUT2D eigenvalue weighted by Crippen LogP contribution is -2.51. The number of carbonyl (C=O) groups excluding carboxylic acids is 2. The van der Waals surface area contributed by atoms with Crippen LogP contribution in [0.3, 0.4) is 0 Å².